The summed E-state index contributed by atoms with van der Waals surface area (Å²) in [4.78, 5) is 19.5. The van der Waals surface area contributed by atoms with Gasteiger partial charge in [-0.15, -0.1) is 0 Å². The molecular weight excluding hydrogens is 633 g/mol. The summed E-state index contributed by atoms with van der Waals surface area (Å²) in [6, 6.07) is 63.1. The summed E-state index contributed by atoms with van der Waals surface area (Å²) in [7, 11) is 0. The van der Waals surface area contributed by atoms with Gasteiger partial charge < -0.3 is 0 Å². The van der Waals surface area contributed by atoms with E-state index < -0.39 is 0 Å². The lowest BCUT2D eigenvalue weighted by atomic mass is 9.87. The lowest BCUT2D eigenvalue weighted by molar-refractivity contribution is 1.18. The van der Waals surface area contributed by atoms with E-state index in [2.05, 4.69) is 121 Å². The standard InChI is InChI=1S/C48H32N4/c1-3-14-34(15-4-1)45-32-46(52-48(51-45)37-16-5-2-6-17-37)35-21-23-36(24-22-35)47-41-18-8-7-13-33(41)25-26-42(47)38-29-39(43-19-9-11-27-49-43)31-40(30-38)44-20-10-12-28-50-44/h1-32H. The number of rotatable bonds is 7. The highest BCUT2D eigenvalue weighted by Crippen LogP contribution is 2.41. The molecule has 9 aromatic rings. The van der Waals surface area contributed by atoms with Crippen LogP contribution >= 0.6 is 0 Å². The largest absolute Gasteiger partial charge is 0.256 e. The number of benzene rings is 6. The van der Waals surface area contributed by atoms with Gasteiger partial charge in [0.1, 0.15) is 0 Å². The highest BCUT2D eigenvalue weighted by molar-refractivity contribution is 6.05. The van der Waals surface area contributed by atoms with Crippen LogP contribution in [0.15, 0.2) is 194 Å². The summed E-state index contributed by atoms with van der Waals surface area (Å²) in [5.41, 5.74) is 13.3. The Bertz CT molecular complexity index is 2530. The van der Waals surface area contributed by atoms with Crippen LogP contribution < -0.4 is 0 Å². The maximum Gasteiger partial charge on any atom is 0.160 e. The monoisotopic (exact) mass is 664 g/mol. The normalized spacial score (nSPS) is 11.1. The van der Waals surface area contributed by atoms with Crippen molar-refractivity contribution in [3.8, 4) is 78.7 Å². The first-order valence-electron chi connectivity index (χ1n) is 17.4. The molecular formula is C48H32N4. The molecule has 0 bridgehead atoms. The highest BCUT2D eigenvalue weighted by atomic mass is 14.9. The van der Waals surface area contributed by atoms with Gasteiger partial charge in [0.25, 0.3) is 0 Å². The first-order valence-corrected chi connectivity index (χ1v) is 17.4. The molecule has 0 saturated carbocycles. The molecule has 4 heteroatoms. The molecule has 0 spiro atoms. The number of nitrogens with zero attached hydrogens (tertiary/aromatic N) is 4. The first-order chi connectivity index (χ1) is 25.8. The summed E-state index contributed by atoms with van der Waals surface area (Å²) >= 11 is 0. The van der Waals surface area contributed by atoms with Gasteiger partial charge in [-0.1, -0.05) is 133 Å². The average Bonchev–Trinajstić information content (AvgIpc) is 3.24. The van der Waals surface area contributed by atoms with E-state index in [9.17, 15) is 0 Å². The molecule has 6 aromatic carbocycles. The van der Waals surface area contributed by atoms with E-state index in [0.29, 0.717) is 5.82 Å². The number of pyridine rings is 2. The van der Waals surface area contributed by atoms with Gasteiger partial charge in [0, 0.05) is 40.2 Å². The summed E-state index contributed by atoms with van der Waals surface area (Å²) in [6.45, 7) is 0. The highest BCUT2D eigenvalue weighted by Gasteiger charge is 2.16. The maximum absolute atomic E-state index is 5.07. The fourth-order valence-corrected chi connectivity index (χ4v) is 6.84. The fourth-order valence-electron chi connectivity index (χ4n) is 6.84. The fraction of sp³-hybridized carbons (Fsp3) is 0. The number of fused-ring (bicyclic) bond motifs is 1. The Morgan fingerprint density at radius 3 is 1.44 bits per heavy atom. The Balaban J connectivity index is 1.20. The third-order valence-electron chi connectivity index (χ3n) is 9.39. The molecule has 0 amide bonds. The molecule has 0 unspecified atom stereocenters. The van der Waals surface area contributed by atoms with Crippen molar-refractivity contribution < 1.29 is 0 Å². The van der Waals surface area contributed by atoms with Crippen molar-refractivity contribution in [2.24, 2.45) is 0 Å². The van der Waals surface area contributed by atoms with Gasteiger partial charge >= 0.3 is 0 Å². The third kappa shape index (κ3) is 6.14. The zero-order valence-corrected chi connectivity index (χ0v) is 28.3. The van der Waals surface area contributed by atoms with E-state index in [4.69, 9.17) is 19.9 Å². The van der Waals surface area contributed by atoms with E-state index in [0.717, 1.165) is 67.3 Å². The molecule has 0 radical (unpaired) electrons. The van der Waals surface area contributed by atoms with Crippen LogP contribution in [0.1, 0.15) is 0 Å². The van der Waals surface area contributed by atoms with E-state index in [1.807, 2.05) is 73.1 Å². The molecule has 9 rings (SSSR count). The zero-order chi connectivity index (χ0) is 34.7. The topological polar surface area (TPSA) is 51.6 Å². The van der Waals surface area contributed by atoms with Gasteiger partial charge in [0.15, 0.2) is 5.82 Å². The van der Waals surface area contributed by atoms with Crippen molar-refractivity contribution in [2.75, 3.05) is 0 Å². The predicted octanol–water partition coefficient (Wildman–Crippen LogP) is 12.1. The minimum atomic E-state index is 0.703. The zero-order valence-electron chi connectivity index (χ0n) is 28.3. The molecule has 0 saturated heterocycles. The Morgan fingerprint density at radius 2 is 0.827 bits per heavy atom. The van der Waals surface area contributed by atoms with Crippen LogP contribution in [0.25, 0.3) is 89.4 Å². The van der Waals surface area contributed by atoms with Crippen LogP contribution in [0.5, 0.6) is 0 Å². The van der Waals surface area contributed by atoms with Crippen LogP contribution in [-0.2, 0) is 0 Å². The van der Waals surface area contributed by atoms with Crippen molar-refractivity contribution in [1.29, 1.82) is 0 Å². The first kappa shape index (κ1) is 31.0. The van der Waals surface area contributed by atoms with Crippen LogP contribution in [0.4, 0.5) is 0 Å². The molecule has 52 heavy (non-hydrogen) atoms. The lowest BCUT2D eigenvalue weighted by Crippen LogP contribution is -1.96. The second-order valence-corrected chi connectivity index (χ2v) is 12.7. The summed E-state index contributed by atoms with van der Waals surface area (Å²) in [6.07, 6.45) is 3.68. The lowest BCUT2D eigenvalue weighted by Gasteiger charge is -2.17. The van der Waals surface area contributed by atoms with Crippen molar-refractivity contribution in [3.63, 3.8) is 0 Å². The van der Waals surface area contributed by atoms with Crippen molar-refractivity contribution in [2.45, 2.75) is 0 Å². The Hall–Kier alpha value is -7.04. The van der Waals surface area contributed by atoms with Crippen molar-refractivity contribution in [3.05, 3.63) is 194 Å². The number of hydrogen-bond donors (Lipinski definition) is 0. The Kier molecular flexibility index (Phi) is 8.16. The van der Waals surface area contributed by atoms with Gasteiger partial charge in [-0.2, -0.15) is 0 Å². The summed E-state index contributed by atoms with van der Waals surface area (Å²) in [5, 5.41) is 2.38. The predicted molar refractivity (Wildman–Crippen MR) is 213 cm³/mol. The quantitative estimate of drug-likeness (QED) is 0.170. The summed E-state index contributed by atoms with van der Waals surface area (Å²) < 4.78 is 0. The molecule has 0 aliphatic heterocycles. The second-order valence-electron chi connectivity index (χ2n) is 12.7. The molecule has 0 aliphatic carbocycles. The molecule has 3 aromatic heterocycles. The number of hydrogen-bond acceptors (Lipinski definition) is 4. The maximum atomic E-state index is 5.07. The van der Waals surface area contributed by atoms with E-state index in [1.165, 1.54) is 16.3 Å². The average molecular weight is 665 g/mol. The van der Waals surface area contributed by atoms with Gasteiger partial charge in [-0.3, -0.25) is 9.97 Å². The third-order valence-corrected chi connectivity index (χ3v) is 9.39. The van der Waals surface area contributed by atoms with E-state index in [1.54, 1.807) is 0 Å². The van der Waals surface area contributed by atoms with E-state index >= 15 is 0 Å². The minimum Gasteiger partial charge on any atom is -0.256 e. The van der Waals surface area contributed by atoms with Crippen LogP contribution in [0.3, 0.4) is 0 Å². The van der Waals surface area contributed by atoms with E-state index in [-0.39, 0.29) is 0 Å². The molecule has 4 nitrogen and oxygen atoms in total. The Morgan fingerprint density at radius 1 is 0.308 bits per heavy atom. The van der Waals surface area contributed by atoms with Crippen LogP contribution in [-0.4, -0.2) is 19.9 Å². The van der Waals surface area contributed by atoms with Gasteiger partial charge in [0.05, 0.1) is 22.8 Å². The smallest absolute Gasteiger partial charge is 0.160 e. The molecule has 0 N–H and O–H groups in total. The SMILES string of the molecule is c1ccc(-c2cc(-c3ccc(-c4c(-c5cc(-c6ccccn6)cc(-c6ccccn6)c5)ccc5ccccc45)cc3)nc(-c3ccccc3)n2)cc1. The molecule has 3 heterocycles. The molecule has 0 atom stereocenters. The molecule has 244 valence electrons. The van der Waals surface area contributed by atoms with Gasteiger partial charge in [-0.25, -0.2) is 9.97 Å². The minimum absolute atomic E-state index is 0.703. The van der Waals surface area contributed by atoms with Crippen molar-refractivity contribution >= 4 is 10.8 Å². The Labute approximate surface area is 302 Å². The van der Waals surface area contributed by atoms with Gasteiger partial charge in [0.2, 0.25) is 0 Å². The second kappa shape index (κ2) is 13.7. The van der Waals surface area contributed by atoms with Crippen molar-refractivity contribution in [1.82, 2.24) is 19.9 Å². The van der Waals surface area contributed by atoms with Crippen LogP contribution in [0, 0.1) is 0 Å². The number of aromatic nitrogens is 4. The van der Waals surface area contributed by atoms with Gasteiger partial charge in [-0.05, 0) is 81.6 Å². The molecule has 0 fully saturated rings. The van der Waals surface area contributed by atoms with Crippen LogP contribution in [0.2, 0.25) is 0 Å². The summed E-state index contributed by atoms with van der Waals surface area (Å²) in [5.74, 6) is 0.703. The molecule has 0 aliphatic rings.